The highest BCUT2D eigenvalue weighted by molar-refractivity contribution is 8.00. The van der Waals surface area contributed by atoms with E-state index < -0.39 is 16.1 Å². The lowest BCUT2D eigenvalue weighted by atomic mass is 9.88. The van der Waals surface area contributed by atoms with Gasteiger partial charge in [0.15, 0.2) is 11.0 Å². The minimum absolute atomic E-state index is 0.0293. The van der Waals surface area contributed by atoms with Crippen LogP contribution in [0.3, 0.4) is 0 Å². The van der Waals surface area contributed by atoms with E-state index in [1.54, 1.807) is 36.0 Å². The minimum Gasteiger partial charge on any atom is -0.299 e. The molecular weight excluding hydrogens is 585 g/mol. The Morgan fingerprint density at radius 3 is 2.29 bits per heavy atom. The number of benzene rings is 2. The van der Waals surface area contributed by atoms with E-state index in [1.807, 2.05) is 24.1 Å². The maximum Gasteiger partial charge on any atom is 0.328 e. The molecule has 0 bridgehead atoms. The third-order valence-electron chi connectivity index (χ3n) is 9.23. The maximum atomic E-state index is 14.6. The van der Waals surface area contributed by atoms with Crippen molar-refractivity contribution in [3.63, 3.8) is 0 Å². The van der Waals surface area contributed by atoms with Crippen LogP contribution in [0.15, 0.2) is 65.6 Å². The number of quaternary nitrogens is 1. The third-order valence-corrected chi connectivity index (χ3v) is 13.4. The van der Waals surface area contributed by atoms with Crippen molar-refractivity contribution in [1.82, 2.24) is 15.3 Å². The predicted octanol–water partition coefficient (Wildman–Crippen LogP) is 5.58. The summed E-state index contributed by atoms with van der Waals surface area (Å²) in [4.78, 5) is 16.2. The Hall–Kier alpha value is -1.98. The van der Waals surface area contributed by atoms with E-state index >= 15 is 0 Å². The number of nitrogens with zero attached hydrogens (tertiary/aromatic N) is 3. The van der Waals surface area contributed by atoms with Gasteiger partial charge in [-0.15, -0.1) is 0 Å². The molecule has 5 rings (SSSR count). The fourth-order valence-electron chi connectivity index (χ4n) is 6.82. The molecule has 0 radical (unpaired) electrons. The Morgan fingerprint density at radius 1 is 1.00 bits per heavy atom. The summed E-state index contributed by atoms with van der Waals surface area (Å²) in [5.74, 6) is 1.36. The van der Waals surface area contributed by atoms with E-state index in [0.717, 1.165) is 58.2 Å². The van der Waals surface area contributed by atoms with Crippen LogP contribution in [0.2, 0.25) is 0 Å². The molecule has 0 aromatic heterocycles. The van der Waals surface area contributed by atoms with Crippen LogP contribution in [0.25, 0.3) is 0 Å². The van der Waals surface area contributed by atoms with Crippen LogP contribution in [-0.2, 0) is 21.4 Å². The summed E-state index contributed by atoms with van der Waals surface area (Å²) in [7, 11) is -3.75. The molecular formula is C32H45N4O3S3+. The van der Waals surface area contributed by atoms with Crippen LogP contribution in [0, 0.1) is 5.92 Å². The highest BCUT2D eigenvalue weighted by atomic mass is 32.2. The zero-order chi connectivity index (χ0) is 29.6. The Kier molecular flexibility index (Phi) is 10.6. The second kappa shape index (κ2) is 14.2. The van der Waals surface area contributed by atoms with Crippen molar-refractivity contribution in [2.24, 2.45) is 5.92 Å². The van der Waals surface area contributed by atoms with Crippen molar-refractivity contribution in [2.75, 3.05) is 31.3 Å². The van der Waals surface area contributed by atoms with Crippen molar-refractivity contribution in [3.05, 3.63) is 66.2 Å². The molecule has 3 fully saturated rings. The first-order valence-electron chi connectivity index (χ1n) is 15.5. The van der Waals surface area contributed by atoms with Gasteiger partial charge in [-0.2, -0.15) is 12.3 Å². The molecule has 1 aliphatic carbocycles. The van der Waals surface area contributed by atoms with E-state index in [-0.39, 0.29) is 15.8 Å². The number of sulfonamides is 1. The molecule has 228 valence electrons. The first-order chi connectivity index (χ1) is 20.3. The molecule has 2 aromatic rings. The summed E-state index contributed by atoms with van der Waals surface area (Å²) in [5, 5.41) is 1.91. The second-order valence-electron chi connectivity index (χ2n) is 12.0. The highest BCUT2D eigenvalue weighted by Crippen LogP contribution is 2.42. The van der Waals surface area contributed by atoms with E-state index in [0.29, 0.717) is 40.4 Å². The topological polar surface area (TPSA) is 69.7 Å². The quantitative estimate of drug-likeness (QED) is 0.221. The lowest BCUT2D eigenvalue weighted by molar-refractivity contribution is -0.805. The van der Waals surface area contributed by atoms with Crippen molar-refractivity contribution in [2.45, 2.75) is 81.8 Å². The van der Waals surface area contributed by atoms with Gasteiger partial charge in [-0.05, 0) is 43.4 Å². The summed E-state index contributed by atoms with van der Waals surface area (Å²) < 4.78 is 29.2. The molecule has 1 amide bonds. The lowest BCUT2D eigenvalue weighted by Gasteiger charge is -2.45. The Morgan fingerprint density at radius 2 is 1.64 bits per heavy atom. The van der Waals surface area contributed by atoms with Crippen LogP contribution in [0.5, 0.6) is 0 Å². The summed E-state index contributed by atoms with van der Waals surface area (Å²) in [5.41, 5.74) is 4.42. The van der Waals surface area contributed by atoms with Crippen molar-refractivity contribution >= 4 is 44.9 Å². The van der Waals surface area contributed by atoms with Crippen LogP contribution >= 0.6 is 24.0 Å². The number of hydrazine groups is 1. The van der Waals surface area contributed by atoms with Crippen molar-refractivity contribution in [3.8, 4) is 0 Å². The van der Waals surface area contributed by atoms with E-state index in [4.69, 9.17) is 12.2 Å². The Labute approximate surface area is 261 Å². The number of carbonyl (C=O) groups excluding carboxylic acids is 1. The van der Waals surface area contributed by atoms with E-state index in [1.165, 1.54) is 12.0 Å². The number of hydrogen-bond donors (Lipinski definition) is 1. The molecule has 3 aliphatic rings. The summed E-state index contributed by atoms with van der Waals surface area (Å²) in [6, 6.07) is 19.0. The van der Waals surface area contributed by atoms with Gasteiger partial charge in [0.05, 0.1) is 18.3 Å². The molecule has 1 saturated carbocycles. The van der Waals surface area contributed by atoms with Gasteiger partial charge in [0.2, 0.25) is 5.91 Å². The standard InChI is InChI=1S/C32H44N4O3S3/c1-2-31(37)33-35(28-18-20-34(21-19-28)22-26-12-6-3-7-13-26)32(40)30-24-41-25-36(30,23-27-14-8-4-9-15-27)42(38,39)29-16-10-5-11-17-29/h3,5-7,10-13,16-17,27-28,30H,2,4,8-9,14-15,18-25H2,1H3/p+1/t30-,36?/m1/s1. The van der Waals surface area contributed by atoms with Crippen LogP contribution < -0.4 is 5.43 Å². The molecule has 2 aromatic carbocycles. The summed E-state index contributed by atoms with van der Waals surface area (Å²) in [6.45, 7) is 5.10. The normalized spacial score (nSPS) is 24.4. The van der Waals surface area contributed by atoms with Gasteiger partial charge in [-0.3, -0.25) is 20.1 Å². The largest absolute Gasteiger partial charge is 0.328 e. The molecule has 7 nitrogen and oxygen atoms in total. The Bertz CT molecular complexity index is 1300. The first kappa shape index (κ1) is 31.4. The van der Waals surface area contributed by atoms with E-state index in [2.05, 4.69) is 34.6 Å². The number of rotatable bonds is 9. The fourth-order valence-corrected chi connectivity index (χ4v) is 11.5. The zero-order valence-electron chi connectivity index (χ0n) is 24.7. The predicted molar refractivity (Wildman–Crippen MR) is 174 cm³/mol. The van der Waals surface area contributed by atoms with Gasteiger partial charge in [0, 0.05) is 32.0 Å². The number of nitrogens with one attached hydrogen (secondary N) is 1. The SMILES string of the molecule is CCC(=O)NN(C(=S)[C@H]1CSC[N+]1(CC1CCCCC1)S(=O)(=O)c1ccccc1)C1CCN(Cc2ccccc2)CC1. The molecule has 2 aliphatic heterocycles. The molecule has 2 heterocycles. The number of carbonyl (C=O) groups is 1. The highest BCUT2D eigenvalue weighted by Gasteiger charge is 2.57. The van der Waals surface area contributed by atoms with Crippen LogP contribution in [0.1, 0.15) is 63.9 Å². The van der Waals surface area contributed by atoms with Crippen LogP contribution in [0.4, 0.5) is 0 Å². The van der Waals surface area contributed by atoms with Crippen LogP contribution in [-0.4, -0.2) is 76.5 Å². The van der Waals surface area contributed by atoms with Gasteiger partial charge >= 0.3 is 10.0 Å². The van der Waals surface area contributed by atoms with Crippen molar-refractivity contribution in [1.29, 1.82) is 0 Å². The molecule has 2 atom stereocenters. The summed E-state index contributed by atoms with van der Waals surface area (Å²) in [6.07, 6.45) is 7.69. The number of amides is 1. The average molecular weight is 630 g/mol. The maximum absolute atomic E-state index is 14.6. The Balaban J connectivity index is 1.42. The van der Waals surface area contributed by atoms with Gasteiger partial charge in [0.25, 0.3) is 0 Å². The zero-order valence-corrected chi connectivity index (χ0v) is 27.1. The molecule has 42 heavy (non-hydrogen) atoms. The van der Waals surface area contributed by atoms with Gasteiger partial charge in [-0.1, -0.05) is 98.7 Å². The first-order valence-corrected chi connectivity index (χ1v) is 18.5. The minimum atomic E-state index is -3.75. The smallest absolute Gasteiger partial charge is 0.299 e. The third kappa shape index (κ3) is 6.88. The summed E-state index contributed by atoms with van der Waals surface area (Å²) >= 11 is 7.93. The molecule has 0 spiro atoms. The van der Waals surface area contributed by atoms with Gasteiger partial charge < -0.3 is 0 Å². The lowest BCUT2D eigenvalue weighted by Crippen LogP contribution is -2.66. The fraction of sp³-hybridized carbons (Fsp3) is 0.562. The van der Waals surface area contributed by atoms with Crippen molar-refractivity contribution < 1.29 is 17.1 Å². The second-order valence-corrected chi connectivity index (χ2v) is 15.6. The molecule has 1 unspecified atom stereocenters. The number of thiocarbonyl (C=S) groups is 1. The molecule has 10 heteroatoms. The number of thioether (sulfide) groups is 1. The molecule has 2 saturated heterocycles. The van der Waals surface area contributed by atoms with Gasteiger partial charge in [-0.25, -0.2) is 0 Å². The van der Waals surface area contributed by atoms with Gasteiger partial charge in [0.1, 0.15) is 10.8 Å². The number of piperidine rings is 1. The van der Waals surface area contributed by atoms with E-state index in [9.17, 15) is 13.2 Å². The molecule has 1 N–H and O–H groups in total. The average Bonchev–Trinajstić information content (AvgIpc) is 3.46. The monoisotopic (exact) mass is 629 g/mol. The number of likely N-dealkylation sites (tertiary alicyclic amines) is 1. The number of hydrogen-bond acceptors (Lipinski definition) is 6.